The number of benzene rings is 1. The minimum atomic E-state index is -0.0630. The van der Waals surface area contributed by atoms with Gasteiger partial charge < -0.3 is 10.5 Å². The van der Waals surface area contributed by atoms with Crippen LogP contribution in [0, 0.1) is 0 Å². The lowest BCUT2D eigenvalue weighted by Gasteiger charge is -2.10. The van der Waals surface area contributed by atoms with Crippen LogP contribution in [-0.2, 0) is 9.53 Å². The average molecular weight is 207 g/mol. The quantitative estimate of drug-likeness (QED) is 0.772. The molecule has 0 heterocycles. The van der Waals surface area contributed by atoms with Crippen molar-refractivity contribution in [3.05, 3.63) is 35.9 Å². The molecule has 3 heteroatoms. The van der Waals surface area contributed by atoms with Crippen molar-refractivity contribution in [1.82, 2.24) is 0 Å². The Morgan fingerprint density at radius 3 is 2.67 bits per heavy atom. The Labute approximate surface area is 90.2 Å². The molecule has 0 saturated heterocycles. The molecule has 2 N–H and O–H groups in total. The van der Waals surface area contributed by atoms with Crippen LogP contribution in [0.2, 0.25) is 0 Å². The van der Waals surface area contributed by atoms with Crippen LogP contribution in [0.25, 0.3) is 0 Å². The van der Waals surface area contributed by atoms with Gasteiger partial charge in [0.05, 0.1) is 0 Å². The predicted molar refractivity (Wildman–Crippen MR) is 59.5 cm³/mol. The molecule has 1 rings (SSSR count). The fourth-order valence-corrected chi connectivity index (χ4v) is 1.42. The fourth-order valence-electron chi connectivity index (χ4n) is 1.42. The molecule has 1 aromatic carbocycles. The summed E-state index contributed by atoms with van der Waals surface area (Å²) in [4.78, 5) is 11.2. The van der Waals surface area contributed by atoms with E-state index in [4.69, 9.17) is 10.5 Å². The second-order valence-corrected chi connectivity index (χ2v) is 3.53. The SMILES string of the molecule is COCC(=O)CCC(N)c1ccccc1. The molecule has 1 unspecified atom stereocenters. The van der Waals surface area contributed by atoms with E-state index in [0.717, 1.165) is 5.56 Å². The number of hydrogen-bond acceptors (Lipinski definition) is 3. The topological polar surface area (TPSA) is 52.3 Å². The first-order chi connectivity index (χ1) is 7.24. The van der Waals surface area contributed by atoms with Crippen LogP contribution in [0.1, 0.15) is 24.4 Å². The minimum absolute atomic E-state index is 0.0630. The first-order valence-electron chi connectivity index (χ1n) is 5.05. The zero-order valence-corrected chi connectivity index (χ0v) is 8.98. The largest absolute Gasteiger partial charge is 0.377 e. The highest BCUT2D eigenvalue weighted by atomic mass is 16.5. The van der Waals surface area contributed by atoms with E-state index in [1.807, 2.05) is 30.3 Å². The Hall–Kier alpha value is -1.19. The van der Waals surface area contributed by atoms with Crippen molar-refractivity contribution in [3.8, 4) is 0 Å². The van der Waals surface area contributed by atoms with Gasteiger partial charge in [-0.05, 0) is 12.0 Å². The first kappa shape index (κ1) is 11.9. The van der Waals surface area contributed by atoms with Crippen molar-refractivity contribution in [1.29, 1.82) is 0 Å². The summed E-state index contributed by atoms with van der Waals surface area (Å²) in [6, 6.07) is 9.74. The molecule has 0 radical (unpaired) electrons. The van der Waals surface area contributed by atoms with Gasteiger partial charge in [-0.25, -0.2) is 0 Å². The van der Waals surface area contributed by atoms with E-state index < -0.39 is 0 Å². The number of carbonyl (C=O) groups excluding carboxylic acids is 1. The normalized spacial score (nSPS) is 12.4. The molecular formula is C12H17NO2. The van der Waals surface area contributed by atoms with Crippen LogP contribution >= 0.6 is 0 Å². The highest BCUT2D eigenvalue weighted by Gasteiger charge is 2.08. The molecule has 0 saturated carbocycles. The van der Waals surface area contributed by atoms with Crippen molar-refractivity contribution in [3.63, 3.8) is 0 Å². The first-order valence-corrected chi connectivity index (χ1v) is 5.05. The van der Waals surface area contributed by atoms with Crippen LogP contribution in [0.15, 0.2) is 30.3 Å². The molecule has 15 heavy (non-hydrogen) atoms. The Morgan fingerprint density at radius 2 is 2.07 bits per heavy atom. The number of ether oxygens (including phenoxy) is 1. The van der Waals surface area contributed by atoms with Crippen LogP contribution in [0.4, 0.5) is 0 Å². The Bertz CT molecular complexity index is 298. The Balaban J connectivity index is 2.37. The summed E-state index contributed by atoms with van der Waals surface area (Å²) >= 11 is 0. The van der Waals surface area contributed by atoms with E-state index >= 15 is 0 Å². The van der Waals surface area contributed by atoms with Crippen molar-refractivity contribution >= 4 is 5.78 Å². The van der Waals surface area contributed by atoms with Crippen molar-refractivity contribution in [2.75, 3.05) is 13.7 Å². The van der Waals surface area contributed by atoms with Gasteiger partial charge in [0, 0.05) is 19.6 Å². The molecule has 1 atom stereocenters. The second kappa shape index (κ2) is 6.32. The van der Waals surface area contributed by atoms with E-state index in [2.05, 4.69) is 0 Å². The maximum absolute atomic E-state index is 11.2. The summed E-state index contributed by atoms with van der Waals surface area (Å²) in [5, 5.41) is 0. The zero-order chi connectivity index (χ0) is 11.1. The molecule has 0 aliphatic rings. The smallest absolute Gasteiger partial charge is 0.158 e. The Kier molecular flexibility index (Phi) is 5.01. The van der Waals surface area contributed by atoms with Gasteiger partial charge in [0.2, 0.25) is 0 Å². The van der Waals surface area contributed by atoms with Crippen LogP contribution in [0.5, 0.6) is 0 Å². The highest BCUT2D eigenvalue weighted by Crippen LogP contribution is 2.14. The van der Waals surface area contributed by atoms with Crippen molar-refractivity contribution in [2.45, 2.75) is 18.9 Å². The minimum Gasteiger partial charge on any atom is -0.377 e. The summed E-state index contributed by atoms with van der Waals surface area (Å²) in [6.45, 7) is 0.182. The van der Waals surface area contributed by atoms with Crippen LogP contribution in [-0.4, -0.2) is 19.5 Å². The van der Waals surface area contributed by atoms with E-state index in [0.29, 0.717) is 12.8 Å². The summed E-state index contributed by atoms with van der Waals surface area (Å²) in [5.41, 5.74) is 7.02. The van der Waals surface area contributed by atoms with E-state index in [1.165, 1.54) is 7.11 Å². The summed E-state index contributed by atoms with van der Waals surface area (Å²) in [6.07, 6.45) is 1.15. The van der Waals surface area contributed by atoms with Crippen LogP contribution < -0.4 is 5.73 Å². The molecule has 0 amide bonds. The van der Waals surface area contributed by atoms with E-state index in [1.54, 1.807) is 0 Å². The molecule has 0 bridgehead atoms. The summed E-state index contributed by atoms with van der Waals surface area (Å²) < 4.78 is 4.75. The third kappa shape index (κ3) is 4.23. The number of Topliss-reactive ketones (excluding diaryl/α,β-unsaturated/α-hetero) is 1. The van der Waals surface area contributed by atoms with Gasteiger partial charge in [0.25, 0.3) is 0 Å². The van der Waals surface area contributed by atoms with Crippen LogP contribution in [0.3, 0.4) is 0 Å². The molecule has 0 aliphatic carbocycles. The highest BCUT2D eigenvalue weighted by molar-refractivity contribution is 5.79. The molecule has 0 fully saturated rings. The van der Waals surface area contributed by atoms with Gasteiger partial charge in [-0.3, -0.25) is 4.79 Å². The monoisotopic (exact) mass is 207 g/mol. The number of methoxy groups -OCH3 is 1. The molecule has 0 aromatic heterocycles. The number of hydrogen-bond donors (Lipinski definition) is 1. The lowest BCUT2D eigenvalue weighted by molar-refractivity contribution is -0.122. The van der Waals surface area contributed by atoms with Crippen molar-refractivity contribution < 1.29 is 9.53 Å². The van der Waals surface area contributed by atoms with Gasteiger partial charge in [0.15, 0.2) is 5.78 Å². The average Bonchev–Trinajstić information content (AvgIpc) is 2.27. The number of carbonyl (C=O) groups is 1. The summed E-state index contributed by atoms with van der Waals surface area (Å²) in [5.74, 6) is 0.101. The molecule has 1 aromatic rings. The lowest BCUT2D eigenvalue weighted by atomic mass is 10.0. The maximum Gasteiger partial charge on any atom is 0.158 e. The molecule has 3 nitrogen and oxygen atoms in total. The molecular weight excluding hydrogens is 190 g/mol. The zero-order valence-electron chi connectivity index (χ0n) is 8.98. The third-order valence-electron chi connectivity index (χ3n) is 2.27. The number of nitrogens with two attached hydrogens (primary N) is 1. The van der Waals surface area contributed by atoms with E-state index in [-0.39, 0.29) is 18.4 Å². The second-order valence-electron chi connectivity index (χ2n) is 3.53. The predicted octanol–water partition coefficient (Wildman–Crippen LogP) is 1.68. The van der Waals surface area contributed by atoms with Gasteiger partial charge in [-0.1, -0.05) is 30.3 Å². The van der Waals surface area contributed by atoms with Gasteiger partial charge in [0.1, 0.15) is 6.61 Å². The van der Waals surface area contributed by atoms with Gasteiger partial charge in [-0.15, -0.1) is 0 Å². The third-order valence-corrected chi connectivity index (χ3v) is 2.27. The standard InChI is InChI=1S/C12H17NO2/c1-15-9-11(14)7-8-12(13)10-5-3-2-4-6-10/h2-6,12H,7-9,13H2,1H3. The van der Waals surface area contributed by atoms with E-state index in [9.17, 15) is 4.79 Å². The fraction of sp³-hybridized carbons (Fsp3) is 0.417. The number of rotatable bonds is 6. The maximum atomic E-state index is 11.2. The van der Waals surface area contributed by atoms with Crippen molar-refractivity contribution in [2.24, 2.45) is 5.73 Å². The molecule has 82 valence electrons. The van der Waals surface area contributed by atoms with Gasteiger partial charge >= 0.3 is 0 Å². The van der Waals surface area contributed by atoms with Gasteiger partial charge in [-0.2, -0.15) is 0 Å². The number of ketones is 1. The summed E-state index contributed by atoms with van der Waals surface area (Å²) in [7, 11) is 1.52. The lowest BCUT2D eigenvalue weighted by Crippen LogP contribution is -2.14. The molecule has 0 aliphatic heterocycles. The molecule has 0 spiro atoms. The Morgan fingerprint density at radius 1 is 1.40 bits per heavy atom.